The van der Waals surface area contributed by atoms with Crippen molar-refractivity contribution < 1.29 is 33.6 Å². The van der Waals surface area contributed by atoms with E-state index in [0.717, 1.165) is 22.3 Å². The molecule has 38 heavy (non-hydrogen) atoms. The minimum Gasteiger partial charge on any atom is -0.493 e. The van der Waals surface area contributed by atoms with Crippen LogP contribution in [0.5, 0.6) is 23.0 Å². The van der Waals surface area contributed by atoms with Crippen LogP contribution in [0.4, 0.5) is 0 Å². The van der Waals surface area contributed by atoms with Crippen molar-refractivity contribution in [3.8, 4) is 23.0 Å². The van der Waals surface area contributed by atoms with E-state index in [-0.39, 0.29) is 17.9 Å². The second-order valence-corrected chi connectivity index (χ2v) is 9.26. The highest BCUT2D eigenvalue weighted by atomic mass is 16.5. The lowest BCUT2D eigenvalue weighted by Gasteiger charge is -2.28. The minimum atomic E-state index is -0.952. The molecule has 1 fully saturated rings. The summed E-state index contributed by atoms with van der Waals surface area (Å²) in [5, 5.41) is 10.1. The van der Waals surface area contributed by atoms with Gasteiger partial charge in [0.1, 0.15) is 0 Å². The van der Waals surface area contributed by atoms with E-state index < -0.39 is 5.97 Å². The monoisotopic (exact) mass is 518 g/mol. The summed E-state index contributed by atoms with van der Waals surface area (Å²) in [5.41, 5.74) is 3.88. The lowest BCUT2D eigenvalue weighted by molar-refractivity contribution is -0.132. The summed E-state index contributed by atoms with van der Waals surface area (Å²) < 4.78 is 28.4. The van der Waals surface area contributed by atoms with Gasteiger partial charge in [0.05, 0.1) is 41.2 Å². The van der Waals surface area contributed by atoms with E-state index in [0.29, 0.717) is 41.6 Å². The van der Waals surface area contributed by atoms with Crippen LogP contribution in [0.25, 0.3) is 5.57 Å². The molecule has 7 heteroatoms. The van der Waals surface area contributed by atoms with E-state index in [1.165, 1.54) is 0 Å². The number of benzene rings is 3. The number of carboxylic acids is 1. The van der Waals surface area contributed by atoms with Gasteiger partial charge in [0.25, 0.3) is 0 Å². The van der Waals surface area contributed by atoms with Gasteiger partial charge in [-0.15, -0.1) is 0 Å². The number of rotatable bonds is 10. The molecule has 0 amide bonds. The fraction of sp³-hybridized carbons (Fsp3) is 0.323. The predicted octanol–water partition coefficient (Wildman–Crippen LogP) is 5.83. The van der Waals surface area contributed by atoms with Crippen LogP contribution in [0, 0.1) is 11.8 Å². The molecule has 0 spiro atoms. The van der Waals surface area contributed by atoms with Gasteiger partial charge in [0.2, 0.25) is 0 Å². The van der Waals surface area contributed by atoms with Crippen molar-refractivity contribution in [1.29, 1.82) is 0 Å². The third-order valence-corrected chi connectivity index (χ3v) is 7.15. The zero-order chi connectivity index (χ0) is 27.2. The average molecular weight is 519 g/mol. The van der Waals surface area contributed by atoms with Crippen molar-refractivity contribution in [2.24, 2.45) is 11.8 Å². The molecular weight excluding hydrogens is 484 g/mol. The molecule has 7 nitrogen and oxygen atoms in total. The topological polar surface area (TPSA) is 83.5 Å². The second-order valence-electron chi connectivity index (χ2n) is 9.26. The maximum Gasteiger partial charge on any atom is 0.331 e. The highest BCUT2D eigenvalue weighted by Gasteiger charge is 2.42. The van der Waals surface area contributed by atoms with Crippen LogP contribution in [0.3, 0.4) is 0 Å². The lowest BCUT2D eigenvalue weighted by Crippen LogP contribution is -2.22. The first kappa shape index (κ1) is 27.1. The number of carboxylic acid groups (broad SMARTS) is 1. The Kier molecular flexibility index (Phi) is 8.59. The molecule has 0 aromatic heterocycles. The maximum absolute atomic E-state index is 12.4. The molecule has 1 saturated heterocycles. The predicted molar refractivity (Wildman–Crippen MR) is 145 cm³/mol. The van der Waals surface area contributed by atoms with Gasteiger partial charge in [0.15, 0.2) is 23.0 Å². The summed E-state index contributed by atoms with van der Waals surface area (Å²) in [7, 11) is 6.41. The Morgan fingerprint density at radius 3 is 2.05 bits per heavy atom. The van der Waals surface area contributed by atoms with Gasteiger partial charge in [-0.1, -0.05) is 42.5 Å². The molecule has 1 N–H and O–H groups in total. The van der Waals surface area contributed by atoms with Crippen molar-refractivity contribution in [2.75, 3.05) is 35.0 Å². The molecule has 3 aromatic rings. The standard InChI is InChI=1S/C31H34O7/c1-19(31(32)33)28(21-9-7-6-8-10-21)29-23(15-20-11-13-24(34-2)26(16-20)36-4)18-38-30(29)22-12-14-25(35-3)27(17-22)37-5/h6-14,16-17,23,29-30H,15,18H2,1-5H3,(H,32,33)/t23-,29+,30+/m0/s1. The van der Waals surface area contributed by atoms with Crippen molar-refractivity contribution in [3.63, 3.8) is 0 Å². The van der Waals surface area contributed by atoms with Gasteiger partial charge in [-0.25, -0.2) is 4.79 Å². The van der Waals surface area contributed by atoms with Gasteiger partial charge < -0.3 is 28.8 Å². The highest BCUT2D eigenvalue weighted by Crippen LogP contribution is 2.49. The molecular formula is C31H34O7. The van der Waals surface area contributed by atoms with E-state index in [1.807, 2.05) is 66.7 Å². The molecule has 200 valence electrons. The molecule has 0 bridgehead atoms. The van der Waals surface area contributed by atoms with Gasteiger partial charge >= 0.3 is 5.97 Å². The first-order chi connectivity index (χ1) is 18.4. The van der Waals surface area contributed by atoms with Crippen LogP contribution >= 0.6 is 0 Å². The number of methoxy groups -OCH3 is 4. The van der Waals surface area contributed by atoms with Crippen LogP contribution in [0.2, 0.25) is 0 Å². The highest BCUT2D eigenvalue weighted by molar-refractivity contribution is 5.96. The third kappa shape index (κ3) is 5.48. The Labute approximate surface area is 223 Å². The fourth-order valence-electron chi connectivity index (χ4n) is 5.29. The Balaban J connectivity index is 1.84. The van der Waals surface area contributed by atoms with Crippen molar-refractivity contribution in [2.45, 2.75) is 19.4 Å². The smallest absolute Gasteiger partial charge is 0.331 e. The summed E-state index contributed by atoms with van der Waals surface area (Å²) in [5.74, 6) is 1.33. The number of aliphatic carboxylic acids is 1. The molecule has 1 heterocycles. The molecule has 0 unspecified atom stereocenters. The van der Waals surface area contributed by atoms with E-state index >= 15 is 0 Å². The third-order valence-electron chi connectivity index (χ3n) is 7.15. The quantitative estimate of drug-likeness (QED) is 0.338. The van der Waals surface area contributed by atoms with Gasteiger partial charge in [-0.05, 0) is 65.8 Å². The maximum atomic E-state index is 12.4. The Morgan fingerprint density at radius 1 is 0.842 bits per heavy atom. The van der Waals surface area contributed by atoms with Crippen LogP contribution in [-0.4, -0.2) is 46.1 Å². The average Bonchev–Trinajstić information content (AvgIpc) is 3.35. The Morgan fingerprint density at radius 2 is 1.45 bits per heavy atom. The largest absolute Gasteiger partial charge is 0.493 e. The fourth-order valence-corrected chi connectivity index (χ4v) is 5.29. The molecule has 1 aliphatic rings. The first-order valence-electron chi connectivity index (χ1n) is 12.5. The van der Waals surface area contributed by atoms with Crippen LogP contribution < -0.4 is 18.9 Å². The Hall–Kier alpha value is -3.97. The number of carbonyl (C=O) groups is 1. The van der Waals surface area contributed by atoms with E-state index in [9.17, 15) is 9.90 Å². The number of ether oxygens (including phenoxy) is 5. The second kappa shape index (κ2) is 12.0. The zero-order valence-corrected chi connectivity index (χ0v) is 22.4. The van der Waals surface area contributed by atoms with Crippen LogP contribution in [0.15, 0.2) is 72.3 Å². The van der Waals surface area contributed by atoms with Crippen molar-refractivity contribution in [3.05, 3.63) is 89.0 Å². The molecule has 4 rings (SSSR count). The van der Waals surface area contributed by atoms with Crippen molar-refractivity contribution >= 4 is 11.5 Å². The summed E-state index contributed by atoms with van der Waals surface area (Å²) in [4.78, 5) is 12.4. The van der Waals surface area contributed by atoms with E-state index in [4.69, 9.17) is 23.7 Å². The van der Waals surface area contributed by atoms with Crippen molar-refractivity contribution in [1.82, 2.24) is 0 Å². The number of hydrogen-bond acceptors (Lipinski definition) is 6. The molecule has 0 aliphatic carbocycles. The van der Waals surface area contributed by atoms with Crippen LogP contribution in [0.1, 0.15) is 29.7 Å². The SMILES string of the molecule is COc1ccc(C[C@H]2CO[C@H](c3ccc(OC)c(OC)c3)[C@H]2C(=C(C)C(=O)O)c2ccccc2)cc1OC. The summed E-state index contributed by atoms with van der Waals surface area (Å²) >= 11 is 0. The Bertz CT molecular complexity index is 1300. The molecule has 0 saturated carbocycles. The van der Waals surface area contributed by atoms with Gasteiger partial charge in [-0.3, -0.25) is 0 Å². The summed E-state index contributed by atoms with van der Waals surface area (Å²) in [6, 6.07) is 21.3. The van der Waals surface area contributed by atoms with Gasteiger partial charge in [0, 0.05) is 11.5 Å². The van der Waals surface area contributed by atoms with Gasteiger partial charge in [-0.2, -0.15) is 0 Å². The lowest BCUT2D eigenvalue weighted by atomic mass is 9.75. The molecule has 3 atom stereocenters. The van der Waals surface area contributed by atoms with E-state index in [1.54, 1.807) is 35.4 Å². The molecule has 0 radical (unpaired) electrons. The zero-order valence-electron chi connectivity index (χ0n) is 22.4. The minimum absolute atomic E-state index is 0.00398. The summed E-state index contributed by atoms with van der Waals surface area (Å²) in [6.07, 6.45) is 0.280. The molecule has 1 aliphatic heterocycles. The normalized spacial score (nSPS) is 19.4. The van der Waals surface area contributed by atoms with Crippen LogP contribution in [-0.2, 0) is 16.0 Å². The molecule has 3 aromatic carbocycles. The van der Waals surface area contributed by atoms with E-state index in [2.05, 4.69) is 0 Å². The summed E-state index contributed by atoms with van der Waals surface area (Å²) in [6.45, 7) is 2.13. The number of hydrogen-bond donors (Lipinski definition) is 1. The first-order valence-corrected chi connectivity index (χ1v) is 12.5.